The third kappa shape index (κ3) is 6.45. The first kappa shape index (κ1) is 15.8. The molecule has 0 atom stereocenters. The SMILES string of the molecule is CC(C)CN(CCC(N)=NO)Cc1cccc(Cl)c1. The van der Waals surface area contributed by atoms with Crippen molar-refractivity contribution in [2.24, 2.45) is 16.8 Å². The highest BCUT2D eigenvalue weighted by atomic mass is 35.5. The van der Waals surface area contributed by atoms with Gasteiger partial charge in [-0.25, -0.2) is 0 Å². The van der Waals surface area contributed by atoms with E-state index in [0.717, 1.165) is 24.7 Å². The number of hydrogen-bond acceptors (Lipinski definition) is 3. The average Bonchev–Trinajstić information content (AvgIpc) is 2.35. The standard InChI is InChI=1S/C14H22ClN3O/c1-11(2)9-18(7-6-14(16)17-19)10-12-4-3-5-13(15)8-12/h3-5,8,11,19H,6-7,9-10H2,1-2H3,(H2,16,17). The summed E-state index contributed by atoms with van der Waals surface area (Å²) in [6.45, 7) is 6.90. The molecule has 106 valence electrons. The zero-order chi connectivity index (χ0) is 14.3. The minimum atomic E-state index is 0.264. The number of rotatable bonds is 7. The average molecular weight is 284 g/mol. The Labute approximate surface area is 119 Å². The van der Waals surface area contributed by atoms with Crippen LogP contribution in [0.4, 0.5) is 0 Å². The van der Waals surface area contributed by atoms with Gasteiger partial charge in [-0.2, -0.15) is 0 Å². The molecule has 1 aromatic carbocycles. The van der Waals surface area contributed by atoms with Crippen molar-refractivity contribution in [3.8, 4) is 0 Å². The molecule has 0 spiro atoms. The van der Waals surface area contributed by atoms with E-state index in [1.54, 1.807) is 0 Å². The number of oxime groups is 1. The Morgan fingerprint density at radius 1 is 1.47 bits per heavy atom. The van der Waals surface area contributed by atoms with E-state index < -0.39 is 0 Å². The molecule has 0 aliphatic rings. The van der Waals surface area contributed by atoms with Crippen LogP contribution in [0.3, 0.4) is 0 Å². The van der Waals surface area contributed by atoms with Crippen LogP contribution in [0.2, 0.25) is 5.02 Å². The second kappa shape index (κ2) is 8.02. The highest BCUT2D eigenvalue weighted by molar-refractivity contribution is 6.30. The Hall–Kier alpha value is -1.26. The van der Waals surface area contributed by atoms with Gasteiger partial charge in [0.1, 0.15) is 5.84 Å². The summed E-state index contributed by atoms with van der Waals surface area (Å²) < 4.78 is 0. The second-order valence-electron chi connectivity index (χ2n) is 5.10. The van der Waals surface area contributed by atoms with Gasteiger partial charge in [0, 0.05) is 31.1 Å². The second-order valence-corrected chi connectivity index (χ2v) is 5.54. The van der Waals surface area contributed by atoms with Crippen molar-refractivity contribution in [2.45, 2.75) is 26.8 Å². The van der Waals surface area contributed by atoms with Crippen LogP contribution < -0.4 is 5.73 Å². The van der Waals surface area contributed by atoms with E-state index in [9.17, 15) is 0 Å². The third-order valence-corrected chi connectivity index (χ3v) is 2.97. The van der Waals surface area contributed by atoms with Crippen LogP contribution in [-0.4, -0.2) is 29.0 Å². The quantitative estimate of drug-likeness (QED) is 0.350. The van der Waals surface area contributed by atoms with Crippen LogP contribution in [0.5, 0.6) is 0 Å². The lowest BCUT2D eigenvalue weighted by molar-refractivity contribution is 0.241. The van der Waals surface area contributed by atoms with E-state index in [-0.39, 0.29) is 5.84 Å². The minimum Gasteiger partial charge on any atom is -0.409 e. The summed E-state index contributed by atoms with van der Waals surface area (Å²) in [5, 5.41) is 12.3. The Bertz CT molecular complexity index is 421. The number of nitrogens with zero attached hydrogens (tertiary/aromatic N) is 2. The summed E-state index contributed by atoms with van der Waals surface area (Å²) in [5.41, 5.74) is 6.70. The lowest BCUT2D eigenvalue weighted by Gasteiger charge is -2.24. The summed E-state index contributed by atoms with van der Waals surface area (Å²) in [5.74, 6) is 0.825. The van der Waals surface area contributed by atoms with E-state index >= 15 is 0 Å². The van der Waals surface area contributed by atoms with Gasteiger partial charge in [0.15, 0.2) is 0 Å². The van der Waals surface area contributed by atoms with Gasteiger partial charge in [-0.3, -0.25) is 4.90 Å². The lowest BCUT2D eigenvalue weighted by Crippen LogP contribution is -2.31. The molecule has 1 rings (SSSR count). The number of benzene rings is 1. The van der Waals surface area contributed by atoms with Crippen LogP contribution in [0, 0.1) is 5.92 Å². The van der Waals surface area contributed by atoms with E-state index in [2.05, 4.69) is 30.0 Å². The van der Waals surface area contributed by atoms with Crippen molar-refractivity contribution in [3.05, 3.63) is 34.9 Å². The molecule has 3 N–H and O–H groups in total. The van der Waals surface area contributed by atoms with Gasteiger partial charge in [-0.15, -0.1) is 0 Å². The monoisotopic (exact) mass is 283 g/mol. The summed E-state index contributed by atoms with van der Waals surface area (Å²) >= 11 is 5.99. The highest BCUT2D eigenvalue weighted by Crippen LogP contribution is 2.13. The topological polar surface area (TPSA) is 61.8 Å². The first-order chi connectivity index (χ1) is 9.01. The fourth-order valence-electron chi connectivity index (χ4n) is 1.97. The van der Waals surface area contributed by atoms with Crippen molar-refractivity contribution < 1.29 is 5.21 Å². The van der Waals surface area contributed by atoms with Crippen LogP contribution in [0.25, 0.3) is 0 Å². The molecule has 19 heavy (non-hydrogen) atoms. The van der Waals surface area contributed by atoms with Crippen LogP contribution in [-0.2, 0) is 6.54 Å². The van der Waals surface area contributed by atoms with Gasteiger partial charge < -0.3 is 10.9 Å². The Balaban J connectivity index is 2.63. The van der Waals surface area contributed by atoms with Crippen LogP contribution >= 0.6 is 11.6 Å². The predicted octanol–water partition coefficient (Wildman–Crippen LogP) is 2.93. The molecule has 0 bridgehead atoms. The number of halogens is 1. The Morgan fingerprint density at radius 2 is 2.21 bits per heavy atom. The molecule has 0 amide bonds. The van der Waals surface area contributed by atoms with Gasteiger partial charge in [0.25, 0.3) is 0 Å². The molecule has 0 fully saturated rings. The van der Waals surface area contributed by atoms with Crippen molar-refractivity contribution in [1.82, 2.24) is 4.90 Å². The molecule has 0 unspecified atom stereocenters. The number of nitrogens with two attached hydrogens (primary N) is 1. The maximum atomic E-state index is 8.58. The van der Waals surface area contributed by atoms with Crippen molar-refractivity contribution in [2.75, 3.05) is 13.1 Å². The third-order valence-electron chi connectivity index (χ3n) is 2.73. The molecule has 0 aliphatic heterocycles. The number of amidine groups is 1. The molecule has 0 saturated carbocycles. The Kier molecular flexibility index (Phi) is 6.67. The van der Waals surface area contributed by atoms with E-state index in [1.807, 2.05) is 18.2 Å². The highest BCUT2D eigenvalue weighted by Gasteiger charge is 2.09. The summed E-state index contributed by atoms with van der Waals surface area (Å²) in [6.07, 6.45) is 0.559. The van der Waals surface area contributed by atoms with Crippen LogP contribution in [0.1, 0.15) is 25.8 Å². The predicted molar refractivity (Wildman–Crippen MR) is 79.6 cm³/mol. The van der Waals surface area contributed by atoms with Crippen LogP contribution in [0.15, 0.2) is 29.4 Å². The zero-order valence-electron chi connectivity index (χ0n) is 11.5. The molecule has 4 nitrogen and oxygen atoms in total. The molecule has 1 aromatic rings. The van der Waals surface area contributed by atoms with E-state index in [0.29, 0.717) is 12.3 Å². The lowest BCUT2D eigenvalue weighted by atomic mass is 10.1. The van der Waals surface area contributed by atoms with Gasteiger partial charge in [-0.05, 0) is 23.6 Å². The normalized spacial score (nSPS) is 12.4. The first-order valence-corrected chi connectivity index (χ1v) is 6.82. The zero-order valence-corrected chi connectivity index (χ0v) is 12.3. The largest absolute Gasteiger partial charge is 0.409 e. The first-order valence-electron chi connectivity index (χ1n) is 6.44. The fourth-order valence-corrected chi connectivity index (χ4v) is 2.18. The molecule has 5 heteroatoms. The maximum Gasteiger partial charge on any atom is 0.140 e. The van der Waals surface area contributed by atoms with Gasteiger partial charge in [0.05, 0.1) is 0 Å². The van der Waals surface area contributed by atoms with E-state index in [1.165, 1.54) is 5.56 Å². The Morgan fingerprint density at radius 3 is 2.79 bits per heavy atom. The molecular formula is C14H22ClN3O. The molecule has 0 aliphatic carbocycles. The fraction of sp³-hybridized carbons (Fsp3) is 0.500. The van der Waals surface area contributed by atoms with Gasteiger partial charge in [-0.1, -0.05) is 42.7 Å². The van der Waals surface area contributed by atoms with E-state index in [4.69, 9.17) is 22.5 Å². The van der Waals surface area contributed by atoms with Crippen molar-refractivity contribution in [3.63, 3.8) is 0 Å². The minimum absolute atomic E-state index is 0.264. The summed E-state index contributed by atoms with van der Waals surface area (Å²) in [4.78, 5) is 2.29. The van der Waals surface area contributed by atoms with Gasteiger partial charge >= 0.3 is 0 Å². The molecule has 0 radical (unpaired) electrons. The smallest absolute Gasteiger partial charge is 0.140 e. The number of hydrogen-bond donors (Lipinski definition) is 2. The van der Waals surface area contributed by atoms with Crippen molar-refractivity contribution in [1.29, 1.82) is 0 Å². The molecular weight excluding hydrogens is 262 g/mol. The summed E-state index contributed by atoms with van der Waals surface area (Å²) in [6, 6.07) is 7.85. The van der Waals surface area contributed by atoms with Gasteiger partial charge in [0.2, 0.25) is 0 Å². The molecule has 0 saturated heterocycles. The maximum absolute atomic E-state index is 8.58. The summed E-state index contributed by atoms with van der Waals surface area (Å²) in [7, 11) is 0. The van der Waals surface area contributed by atoms with Crippen molar-refractivity contribution >= 4 is 17.4 Å². The molecule has 0 heterocycles. The molecule has 0 aromatic heterocycles.